The molecule has 0 aromatic carbocycles. The number of rotatable bonds is 4. The second-order valence-corrected chi connectivity index (χ2v) is 3.93. The van der Waals surface area contributed by atoms with Crippen LogP contribution in [0.25, 0.3) is 0 Å². The Balaban J connectivity index is 1.62. The highest BCUT2D eigenvalue weighted by Crippen LogP contribution is 2.05. The van der Waals surface area contributed by atoms with Gasteiger partial charge in [-0.05, 0) is 36.4 Å². The van der Waals surface area contributed by atoms with Crippen molar-refractivity contribution < 1.29 is 9.47 Å². The summed E-state index contributed by atoms with van der Waals surface area (Å²) in [4.78, 5) is 7.88. The van der Waals surface area contributed by atoms with Crippen molar-refractivity contribution in [1.82, 2.24) is 9.97 Å². The van der Waals surface area contributed by atoms with Gasteiger partial charge in [0.2, 0.25) is 0 Å². The first-order valence-corrected chi connectivity index (χ1v) is 6.62. The number of allylic oxidation sites excluding steroid dienone is 2. The third kappa shape index (κ3) is 6.27. The van der Waals surface area contributed by atoms with Crippen LogP contribution < -0.4 is 9.47 Å². The molecule has 0 unspecified atom stereocenters. The topological polar surface area (TPSA) is 44.2 Å². The van der Waals surface area contributed by atoms with Gasteiger partial charge in [0, 0.05) is 12.4 Å². The first-order chi connectivity index (χ1) is 10.9. The van der Waals surface area contributed by atoms with Crippen LogP contribution in [0.15, 0.2) is 61.2 Å². The zero-order valence-corrected chi connectivity index (χ0v) is 11.9. The Morgan fingerprint density at radius 1 is 0.818 bits per heavy atom. The Bertz CT molecular complexity index is 641. The zero-order chi connectivity index (χ0) is 15.3. The maximum atomic E-state index is 5.37. The molecule has 4 heteroatoms. The van der Waals surface area contributed by atoms with Crippen molar-refractivity contribution in [2.75, 3.05) is 13.2 Å². The fraction of sp³-hybridized carbons (Fsp3) is 0.111. The molecular weight excluding hydrogens is 276 g/mol. The Kier molecular flexibility index (Phi) is 6.63. The molecule has 0 fully saturated rings. The molecule has 2 aromatic rings. The second-order valence-electron chi connectivity index (χ2n) is 3.93. The normalized spacial score (nSPS) is 9.27. The van der Waals surface area contributed by atoms with E-state index in [1.165, 1.54) is 0 Å². The summed E-state index contributed by atoms with van der Waals surface area (Å²) in [6, 6.07) is 7.29. The number of aromatic nitrogens is 2. The molecular formula is C18H14N2O2. The molecule has 0 aliphatic rings. The summed E-state index contributed by atoms with van der Waals surface area (Å²) >= 11 is 0. The van der Waals surface area contributed by atoms with Gasteiger partial charge in [-0.15, -0.1) is 0 Å². The van der Waals surface area contributed by atoms with Crippen LogP contribution in [0.5, 0.6) is 11.5 Å². The van der Waals surface area contributed by atoms with E-state index in [1.807, 2.05) is 24.3 Å². The summed E-state index contributed by atoms with van der Waals surface area (Å²) in [5.41, 5.74) is 0. The van der Waals surface area contributed by atoms with Gasteiger partial charge in [-0.1, -0.05) is 23.7 Å². The number of hydrogen-bond donors (Lipinski definition) is 0. The predicted molar refractivity (Wildman–Crippen MR) is 84.2 cm³/mol. The summed E-state index contributed by atoms with van der Waals surface area (Å²) in [5, 5.41) is 0. The number of ether oxygens (including phenoxy) is 2. The van der Waals surface area contributed by atoms with E-state index < -0.39 is 0 Å². The van der Waals surface area contributed by atoms with Crippen molar-refractivity contribution in [1.29, 1.82) is 0 Å². The Labute approximate surface area is 129 Å². The van der Waals surface area contributed by atoms with Crippen molar-refractivity contribution in [3.8, 4) is 35.2 Å². The zero-order valence-electron chi connectivity index (χ0n) is 11.9. The van der Waals surface area contributed by atoms with E-state index in [1.54, 1.807) is 36.9 Å². The van der Waals surface area contributed by atoms with Crippen LogP contribution in [0.3, 0.4) is 0 Å². The van der Waals surface area contributed by atoms with Gasteiger partial charge in [-0.3, -0.25) is 9.97 Å². The van der Waals surface area contributed by atoms with E-state index in [0.29, 0.717) is 24.7 Å². The molecule has 0 saturated heterocycles. The highest BCUT2D eigenvalue weighted by Gasteiger charge is 1.88. The van der Waals surface area contributed by atoms with Gasteiger partial charge in [-0.25, -0.2) is 0 Å². The first-order valence-electron chi connectivity index (χ1n) is 6.62. The largest absolute Gasteiger partial charge is 0.479 e. The van der Waals surface area contributed by atoms with Crippen LogP contribution in [0, 0.1) is 23.7 Å². The molecule has 22 heavy (non-hydrogen) atoms. The van der Waals surface area contributed by atoms with Crippen LogP contribution in [0.2, 0.25) is 0 Å². The Morgan fingerprint density at radius 3 is 1.73 bits per heavy atom. The lowest BCUT2D eigenvalue weighted by molar-refractivity contribution is 0.368. The summed E-state index contributed by atoms with van der Waals surface area (Å²) < 4.78 is 10.7. The summed E-state index contributed by atoms with van der Waals surface area (Å²) in [5.74, 6) is 12.8. The van der Waals surface area contributed by atoms with Gasteiger partial charge in [0.25, 0.3) is 0 Å². The molecule has 0 aliphatic carbocycles. The number of hydrogen-bond acceptors (Lipinski definition) is 4. The molecule has 0 amide bonds. The quantitative estimate of drug-likeness (QED) is 0.812. The van der Waals surface area contributed by atoms with Crippen LogP contribution in [0.1, 0.15) is 0 Å². The molecule has 0 bridgehead atoms. The van der Waals surface area contributed by atoms with Crippen molar-refractivity contribution in [2.24, 2.45) is 0 Å². The van der Waals surface area contributed by atoms with Gasteiger partial charge >= 0.3 is 0 Å². The molecule has 108 valence electrons. The second kappa shape index (κ2) is 9.63. The lowest BCUT2D eigenvalue weighted by Gasteiger charge is -1.98. The van der Waals surface area contributed by atoms with Crippen molar-refractivity contribution in [3.63, 3.8) is 0 Å². The monoisotopic (exact) mass is 290 g/mol. The standard InChI is InChI=1S/C18H14N2O2/c1(3-5-13-21-17-9-7-11-19-15-17)2-4-6-14-22-18-10-8-12-20-16-18/h1-2,7-12,15-16H,13-14H2. The molecule has 0 radical (unpaired) electrons. The van der Waals surface area contributed by atoms with Gasteiger partial charge in [0.15, 0.2) is 0 Å². The highest BCUT2D eigenvalue weighted by molar-refractivity contribution is 5.26. The maximum absolute atomic E-state index is 5.37. The fourth-order valence-corrected chi connectivity index (χ4v) is 1.39. The van der Waals surface area contributed by atoms with Crippen molar-refractivity contribution in [3.05, 3.63) is 61.2 Å². The van der Waals surface area contributed by atoms with Gasteiger partial charge in [0.1, 0.15) is 24.7 Å². The minimum atomic E-state index is 0.313. The van der Waals surface area contributed by atoms with Crippen LogP contribution >= 0.6 is 0 Å². The summed E-state index contributed by atoms with van der Waals surface area (Å²) in [6.45, 7) is 0.626. The first kappa shape index (κ1) is 15.2. The molecule has 0 N–H and O–H groups in total. The van der Waals surface area contributed by atoms with E-state index in [4.69, 9.17) is 9.47 Å². The third-order valence-corrected chi connectivity index (χ3v) is 2.34. The van der Waals surface area contributed by atoms with Crippen molar-refractivity contribution in [2.45, 2.75) is 0 Å². The van der Waals surface area contributed by atoms with E-state index in [-0.39, 0.29) is 0 Å². The number of pyridine rings is 2. The van der Waals surface area contributed by atoms with E-state index >= 15 is 0 Å². The van der Waals surface area contributed by atoms with Gasteiger partial charge in [-0.2, -0.15) is 0 Å². The highest BCUT2D eigenvalue weighted by atomic mass is 16.5. The number of nitrogens with zero attached hydrogens (tertiary/aromatic N) is 2. The molecule has 0 saturated carbocycles. The molecule has 2 heterocycles. The molecule has 2 rings (SSSR count). The molecule has 4 nitrogen and oxygen atoms in total. The molecule has 0 aliphatic heterocycles. The molecule has 0 atom stereocenters. The van der Waals surface area contributed by atoms with Crippen LogP contribution in [-0.4, -0.2) is 23.2 Å². The van der Waals surface area contributed by atoms with Crippen LogP contribution in [-0.2, 0) is 0 Å². The summed E-state index contributed by atoms with van der Waals surface area (Å²) in [7, 11) is 0. The Hall–Kier alpha value is -3.24. The van der Waals surface area contributed by atoms with Crippen molar-refractivity contribution >= 4 is 0 Å². The summed E-state index contributed by atoms with van der Waals surface area (Å²) in [6.07, 6.45) is 10.0. The molecule has 0 spiro atoms. The minimum absolute atomic E-state index is 0.313. The minimum Gasteiger partial charge on any atom is -0.479 e. The van der Waals surface area contributed by atoms with E-state index in [9.17, 15) is 0 Å². The van der Waals surface area contributed by atoms with Gasteiger partial charge < -0.3 is 9.47 Å². The van der Waals surface area contributed by atoms with Crippen LogP contribution in [0.4, 0.5) is 0 Å². The third-order valence-electron chi connectivity index (χ3n) is 2.34. The van der Waals surface area contributed by atoms with E-state index in [2.05, 4.69) is 33.6 Å². The molecule has 2 aromatic heterocycles. The average molecular weight is 290 g/mol. The maximum Gasteiger partial charge on any atom is 0.149 e. The predicted octanol–water partition coefficient (Wildman–Crippen LogP) is 2.50. The lowest BCUT2D eigenvalue weighted by atomic mass is 10.4. The van der Waals surface area contributed by atoms with E-state index in [0.717, 1.165) is 0 Å². The fourth-order valence-electron chi connectivity index (χ4n) is 1.39. The smallest absolute Gasteiger partial charge is 0.149 e. The van der Waals surface area contributed by atoms with Gasteiger partial charge in [0.05, 0.1) is 12.4 Å². The lowest BCUT2D eigenvalue weighted by Crippen LogP contribution is -1.93. The SMILES string of the molecule is C(#CCOc1cccnc1)C=CC#CCOc1cccnc1. The average Bonchev–Trinajstić information content (AvgIpc) is 2.58. The Morgan fingerprint density at radius 2 is 1.32 bits per heavy atom.